The van der Waals surface area contributed by atoms with Gasteiger partial charge in [0.1, 0.15) is 0 Å². The van der Waals surface area contributed by atoms with E-state index in [1.165, 1.54) is 5.56 Å². The molecule has 0 fully saturated rings. The highest BCUT2D eigenvalue weighted by Gasteiger charge is 2.09. The van der Waals surface area contributed by atoms with Crippen LogP contribution in [-0.2, 0) is 0 Å². The molecule has 0 heterocycles. The minimum absolute atomic E-state index is 0.131. The first-order valence-corrected chi connectivity index (χ1v) is 8.01. The maximum atomic E-state index is 11.9. The van der Waals surface area contributed by atoms with Gasteiger partial charge in [0.2, 0.25) is 0 Å². The summed E-state index contributed by atoms with van der Waals surface area (Å²) in [6.45, 7) is 9.48. The summed E-state index contributed by atoms with van der Waals surface area (Å²) in [6, 6.07) is 8.45. The van der Waals surface area contributed by atoms with Gasteiger partial charge in [-0.3, -0.25) is 0 Å². The summed E-state index contributed by atoms with van der Waals surface area (Å²) in [4.78, 5) is 11.9. The van der Waals surface area contributed by atoms with Crippen molar-refractivity contribution in [2.24, 2.45) is 0 Å². The van der Waals surface area contributed by atoms with Gasteiger partial charge in [0.05, 0.1) is 0 Å². The summed E-state index contributed by atoms with van der Waals surface area (Å²) in [5.41, 5.74) is 2.05. The zero-order valence-electron chi connectivity index (χ0n) is 13.7. The van der Waals surface area contributed by atoms with Crippen LogP contribution in [0.15, 0.2) is 24.3 Å². The van der Waals surface area contributed by atoms with Crippen LogP contribution in [0.4, 0.5) is 10.5 Å². The number of urea groups is 1. The Hall–Kier alpha value is -1.55. The fraction of sp³-hybridized carbons (Fsp3) is 0.588. The largest absolute Gasteiger partial charge is 0.335 e. The number of rotatable bonds is 8. The Kier molecular flexibility index (Phi) is 7.83. The smallest absolute Gasteiger partial charge is 0.319 e. The Bertz CT molecular complexity index is 413. The molecular formula is C17H29N3O. The topological polar surface area (TPSA) is 53.2 Å². The summed E-state index contributed by atoms with van der Waals surface area (Å²) in [7, 11) is 0. The molecule has 0 radical (unpaired) electrons. The number of anilines is 1. The van der Waals surface area contributed by atoms with E-state index in [1.807, 2.05) is 12.1 Å². The lowest BCUT2D eigenvalue weighted by Crippen LogP contribution is -2.37. The second-order valence-corrected chi connectivity index (χ2v) is 5.41. The quantitative estimate of drug-likeness (QED) is 0.676. The predicted octanol–water partition coefficient (Wildman–Crippen LogP) is 4.06. The third-order valence-electron chi connectivity index (χ3n) is 3.69. The Balaban J connectivity index is 2.52. The van der Waals surface area contributed by atoms with E-state index >= 15 is 0 Å². The Labute approximate surface area is 128 Å². The molecule has 4 heteroatoms. The molecular weight excluding hydrogens is 262 g/mol. The molecule has 0 bridgehead atoms. The van der Waals surface area contributed by atoms with Crippen LogP contribution in [0, 0.1) is 0 Å². The number of hydrogen-bond donors (Lipinski definition) is 3. The molecule has 1 atom stereocenters. The molecule has 1 aromatic carbocycles. The second-order valence-electron chi connectivity index (χ2n) is 5.41. The van der Waals surface area contributed by atoms with E-state index in [2.05, 4.69) is 55.8 Å². The lowest BCUT2D eigenvalue weighted by Gasteiger charge is -2.16. The van der Waals surface area contributed by atoms with E-state index in [9.17, 15) is 4.79 Å². The number of benzene rings is 1. The van der Waals surface area contributed by atoms with Crippen LogP contribution in [0.5, 0.6) is 0 Å². The molecule has 4 nitrogen and oxygen atoms in total. The number of carbonyl (C=O) groups excluding carboxylic acids is 1. The molecule has 1 rings (SSSR count). The second kappa shape index (κ2) is 9.40. The molecule has 1 unspecified atom stereocenters. The van der Waals surface area contributed by atoms with Crippen LogP contribution in [0.2, 0.25) is 0 Å². The third kappa shape index (κ3) is 6.17. The zero-order chi connectivity index (χ0) is 15.7. The summed E-state index contributed by atoms with van der Waals surface area (Å²) in [5.74, 6) is 0. The molecule has 2 amide bonds. The monoisotopic (exact) mass is 291 g/mol. The standard InChI is InChI=1S/C17H29N3O/c1-5-12-18-13(4)14-8-10-16(11-9-14)20-17(21)19-15(6-2)7-3/h8-11,13,15,18H,5-7,12H2,1-4H3,(H2,19,20,21). The minimum Gasteiger partial charge on any atom is -0.335 e. The van der Waals surface area contributed by atoms with Gasteiger partial charge in [-0.1, -0.05) is 32.9 Å². The first kappa shape index (κ1) is 17.5. The Morgan fingerprint density at radius 2 is 1.71 bits per heavy atom. The van der Waals surface area contributed by atoms with Gasteiger partial charge in [0, 0.05) is 17.8 Å². The molecule has 0 spiro atoms. The summed E-state index contributed by atoms with van der Waals surface area (Å²) in [5, 5.41) is 9.30. The molecule has 0 aliphatic heterocycles. The van der Waals surface area contributed by atoms with Crippen LogP contribution >= 0.6 is 0 Å². The highest BCUT2D eigenvalue weighted by Crippen LogP contribution is 2.16. The van der Waals surface area contributed by atoms with Crippen molar-refractivity contribution in [3.05, 3.63) is 29.8 Å². The van der Waals surface area contributed by atoms with E-state index in [-0.39, 0.29) is 12.1 Å². The number of hydrogen-bond acceptors (Lipinski definition) is 2. The van der Waals surface area contributed by atoms with Crippen LogP contribution in [0.25, 0.3) is 0 Å². The predicted molar refractivity (Wildman–Crippen MR) is 89.7 cm³/mol. The van der Waals surface area contributed by atoms with Crippen molar-refractivity contribution in [1.82, 2.24) is 10.6 Å². The van der Waals surface area contributed by atoms with E-state index in [0.29, 0.717) is 6.04 Å². The molecule has 21 heavy (non-hydrogen) atoms. The number of nitrogens with one attached hydrogen (secondary N) is 3. The number of carbonyl (C=O) groups is 1. The normalized spacial score (nSPS) is 12.2. The molecule has 0 saturated carbocycles. The highest BCUT2D eigenvalue weighted by molar-refractivity contribution is 5.89. The Morgan fingerprint density at radius 3 is 2.24 bits per heavy atom. The van der Waals surface area contributed by atoms with E-state index < -0.39 is 0 Å². The average Bonchev–Trinajstić information content (AvgIpc) is 2.50. The van der Waals surface area contributed by atoms with Crippen molar-refractivity contribution in [2.75, 3.05) is 11.9 Å². The van der Waals surface area contributed by atoms with E-state index in [1.54, 1.807) is 0 Å². The molecule has 1 aromatic rings. The van der Waals surface area contributed by atoms with Gasteiger partial charge in [-0.25, -0.2) is 4.79 Å². The van der Waals surface area contributed by atoms with Gasteiger partial charge < -0.3 is 16.0 Å². The molecule has 0 saturated heterocycles. The van der Waals surface area contributed by atoms with Gasteiger partial charge in [-0.15, -0.1) is 0 Å². The lowest BCUT2D eigenvalue weighted by atomic mass is 10.1. The van der Waals surface area contributed by atoms with Crippen LogP contribution in [0.1, 0.15) is 58.6 Å². The third-order valence-corrected chi connectivity index (χ3v) is 3.69. The summed E-state index contributed by atoms with van der Waals surface area (Å²) < 4.78 is 0. The van der Waals surface area contributed by atoms with E-state index in [4.69, 9.17) is 0 Å². The van der Waals surface area contributed by atoms with Crippen molar-refractivity contribution in [3.8, 4) is 0 Å². The van der Waals surface area contributed by atoms with Crippen LogP contribution in [0.3, 0.4) is 0 Å². The molecule has 0 aliphatic rings. The van der Waals surface area contributed by atoms with Gasteiger partial charge in [-0.2, -0.15) is 0 Å². The molecule has 0 aromatic heterocycles. The first-order chi connectivity index (χ1) is 10.1. The van der Waals surface area contributed by atoms with Gasteiger partial charge in [0.25, 0.3) is 0 Å². The average molecular weight is 291 g/mol. The van der Waals surface area contributed by atoms with Gasteiger partial charge in [-0.05, 0) is 50.4 Å². The van der Waals surface area contributed by atoms with Crippen molar-refractivity contribution in [1.29, 1.82) is 0 Å². The van der Waals surface area contributed by atoms with Gasteiger partial charge >= 0.3 is 6.03 Å². The van der Waals surface area contributed by atoms with Crippen molar-refractivity contribution in [3.63, 3.8) is 0 Å². The van der Waals surface area contributed by atoms with Crippen molar-refractivity contribution < 1.29 is 4.79 Å². The van der Waals surface area contributed by atoms with Crippen molar-refractivity contribution >= 4 is 11.7 Å². The number of amides is 2. The SMILES string of the molecule is CCCNC(C)c1ccc(NC(=O)NC(CC)CC)cc1. The fourth-order valence-corrected chi connectivity index (χ4v) is 2.18. The molecule has 3 N–H and O–H groups in total. The molecule has 0 aliphatic carbocycles. The van der Waals surface area contributed by atoms with Crippen molar-refractivity contribution in [2.45, 2.75) is 59.0 Å². The minimum atomic E-state index is -0.131. The molecule has 118 valence electrons. The van der Waals surface area contributed by atoms with Gasteiger partial charge in [0.15, 0.2) is 0 Å². The summed E-state index contributed by atoms with van der Waals surface area (Å²) >= 11 is 0. The van der Waals surface area contributed by atoms with Crippen LogP contribution in [-0.4, -0.2) is 18.6 Å². The first-order valence-electron chi connectivity index (χ1n) is 8.01. The lowest BCUT2D eigenvalue weighted by molar-refractivity contribution is 0.247. The maximum Gasteiger partial charge on any atom is 0.319 e. The maximum absolute atomic E-state index is 11.9. The zero-order valence-corrected chi connectivity index (χ0v) is 13.7. The summed E-state index contributed by atoms with van der Waals surface area (Å²) in [6.07, 6.45) is 3.02. The van der Waals surface area contributed by atoms with Crippen LogP contribution < -0.4 is 16.0 Å². The Morgan fingerprint density at radius 1 is 1.10 bits per heavy atom. The van der Waals surface area contributed by atoms with E-state index in [0.717, 1.165) is 31.5 Å². The fourth-order valence-electron chi connectivity index (χ4n) is 2.18. The highest BCUT2D eigenvalue weighted by atomic mass is 16.2.